The standard InChI is InChI=1S/C16H11F3N2O3/c17-10-4-7(5-11(18)14(10)19)20-15(23)9-6-8-12(21-16(9)24)2-1-3-13(8)22/h4-6H,1-3H2,(H,20,23)(H,21,24). The molecule has 2 N–H and O–H groups in total. The molecule has 8 heteroatoms. The Balaban J connectivity index is 1.95. The molecule has 0 radical (unpaired) electrons. The number of rotatable bonds is 2. The molecular weight excluding hydrogens is 325 g/mol. The highest BCUT2D eigenvalue weighted by molar-refractivity contribution is 6.06. The van der Waals surface area contributed by atoms with Crippen molar-refractivity contribution in [1.82, 2.24) is 4.98 Å². The van der Waals surface area contributed by atoms with Gasteiger partial charge in [-0.25, -0.2) is 13.2 Å². The van der Waals surface area contributed by atoms with E-state index in [1.165, 1.54) is 6.07 Å². The zero-order valence-corrected chi connectivity index (χ0v) is 12.2. The molecule has 1 aliphatic carbocycles. The number of benzene rings is 1. The summed E-state index contributed by atoms with van der Waals surface area (Å²) < 4.78 is 39.3. The van der Waals surface area contributed by atoms with Crippen LogP contribution in [0.2, 0.25) is 0 Å². The second-order valence-electron chi connectivity index (χ2n) is 5.39. The van der Waals surface area contributed by atoms with Gasteiger partial charge in [0.1, 0.15) is 5.56 Å². The molecule has 3 rings (SSSR count). The fourth-order valence-corrected chi connectivity index (χ4v) is 2.57. The normalized spacial score (nSPS) is 13.5. The molecule has 0 saturated heterocycles. The van der Waals surface area contributed by atoms with Gasteiger partial charge in [-0.2, -0.15) is 0 Å². The van der Waals surface area contributed by atoms with Crippen LogP contribution in [-0.2, 0) is 6.42 Å². The van der Waals surface area contributed by atoms with Crippen LogP contribution >= 0.6 is 0 Å². The van der Waals surface area contributed by atoms with E-state index in [0.29, 0.717) is 37.1 Å². The number of aryl methyl sites for hydroxylation is 1. The second kappa shape index (κ2) is 5.95. The number of anilines is 1. The van der Waals surface area contributed by atoms with Gasteiger partial charge < -0.3 is 10.3 Å². The van der Waals surface area contributed by atoms with E-state index in [9.17, 15) is 27.6 Å². The number of aromatic amines is 1. The van der Waals surface area contributed by atoms with Gasteiger partial charge in [0.2, 0.25) is 0 Å². The molecule has 1 heterocycles. The molecule has 0 bridgehead atoms. The molecule has 0 atom stereocenters. The fourth-order valence-electron chi connectivity index (χ4n) is 2.57. The highest BCUT2D eigenvalue weighted by atomic mass is 19.2. The molecule has 24 heavy (non-hydrogen) atoms. The minimum atomic E-state index is -1.66. The summed E-state index contributed by atoms with van der Waals surface area (Å²) in [5.41, 5.74) is -0.716. The van der Waals surface area contributed by atoms with Crippen LogP contribution in [0.25, 0.3) is 0 Å². The third kappa shape index (κ3) is 2.82. The zero-order chi connectivity index (χ0) is 17.4. The molecule has 0 saturated carbocycles. The minimum Gasteiger partial charge on any atom is -0.325 e. The summed E-state index contributed by atoms with van der Waals surface area (Å²) in [6.07, 6.45) is 1.45. The molecule has 1 aromatic heterocycles. The van der Waals surface area contributed by atoms with Crippen LogP contribution in [0.15, 0.2) is 23.0 Å². The van der Waals surface area contributed by atoms with Crippen molar-refractivity contribution < 1.29 is 22.8 Å². The third-order valence-electron chi connectivity index (χ3n) is 3.74. The van der Waals surface area contributed by atoms with Crippen LogP contribution in [0, 0.1) is 17.5 Å². The van der Waals surface area contributed by atoms with Crippen molar-refractivity contribution in [3.8, 4) is 0 Å². The van der Waals surface area contributed by atoms with E-state index in [2.05, 4.69) is 10.3 Å². The number of aromatic nitrogens is 1. The maximum absolute atomic E-state index is 13.2. The Labute approximate surface area is 133 Å². The quantitative estimate of drug-likeness (QED) is 0.827. The van der Waals surface area contributed by atoms with Gasteiger partial charge in [-0.3, -0.25) is 14.4 Å². The number of H-pyrrole nitrogens is 1. The van der Waals surface area contributed by atoms with Crippen molar-refractivity contribution in [1.29, 1.82) is 0 Å². The van der Waals surface area contributed by atoms with E-state index in [0.717, 1.165) is 0 Å². The van der Waals surface area contributed by atoms with Gasteiger partial charge in [-0.05, 0) is 18.9 Å². The van der Waals surface area contributed by atoms with Crippen LogP contribution in [0.1, 0.15) is 39.3 Å². The number of carbonyl (C=O) groups excluding carboxylic acids is 2. The lowest BCUT2D eigenvalue weighted by Crippen LogP contribution is -2.27. The number of hydrogen-bond donors (Lipinski definition) is 2. The minimum absolute atomic E-state index is 0.194. The SMILES string of the molecule is O=C1CCCc2[nH]c(=O)c(C(=O)Nc3cc(F)c(F)c(F)c3)cc21. The van der Waals surface area contributed by atoms with Crippen molar-refractivity contribution in [3.05, 3.63) is 62.8 Å². The molecule has 2 aromatic rings. The average molecular weight is 336 g/mol. The molecule has 0 spiro atoms. The smallest absolute Gasteiger partial charge is 0.261 e. The summed E-state index contributed by atoms with van der Waals surface area (Å²) in [6.45, 7) is 0. The van der Waals surface area contributed by atoms with Gasteiger partial charge in [-0.1, -0.05) is 0 Å². The largest absolute Gasteiger partial charge is 0.325 e. The molecule has 0 unspecified atom stereocenters. The van der Waals surface area contributed by atoms with Crippen LogP contribution in [0.5, 0.6) is 0 Å². The second-order valence-corrected chi connectivity index (χ2v) is 5.39. The van der Waals surface area contributed by atoms with Gasteiger partial charge in [0.25, 0.3) is 11.5 Å². The van der Waals surface area contributed by atoms with E-state index in [1.807, 2.05) is 0 Å². The lowest BCUT2D eigenvalue weighted by Gasteiger charge is -2.15. The zero-order valence-electron chi connectivity index (χ0n) is 12.2. The van der Waals surface area contributed by atoms with Crippen LogP contribution in [0.3, 0.4) is 0 Å². The highest BCUT2D eigenvalue weighted by Crippen LogP contribution is 2.20. The number of nitrogens with one attached hydrogen (secondary N) is 2. The van der Waals surface area contributed by atoms with Gasteiger partial charge in [-0.15, -0.1) is 0 Å². The summed E-state index contributed by atoms with van der Waals surface area (Å²) in [4.78, 5) is 38.5. The van der Waals surface area contributed by atoms with Gasteiger partial charge in [0.15, 0.2) is 23.2 Å². The maximum atomic E-state index is 13.2. The Morgan fingerprint density at radius 2 is 1.71 bits per heavy atom. The molecule has 0 fully saturated rings. The molecule has 5 nitrogen and oxygen atoms in total. The summed E-state index contributed by atoms with van der Waals surface area (Å²) in [5.74, 6) is -5.76. The number of ketones is 1. The summed E-state index contributed by atoms with van der Waals surface area (Å²) in [5, 5.41) is 2.11. The van der Waals surface area contributed by atoms with Gasteiger partial charge in [0.05, 0.1) is 0 Å². The molecule has 0 aliphatic heterocycles. The van der Waals surface area contributed by atoms with Crippen molar-refractivity contribution >= 4 is 17.4 Å². The fraction of sp³-hybridized carbons (Fsp3) is 0.188. The number of amides is 1. The van der Waals surface area contributed by atoms with E-state index in [1.54, 1.807) is 0 Å². The Bertz CT molecular complexity index is 898. The van der Waals surface area contributed by atoms with E-state index in [4.69, 9.17) is 0 Å². The number of fused-ring (bicyclic) bond motifs is 1. The Morgan fingerprint density at radius 3 is 2.38 bits per heavy atom. The average Bonchev–Trinajstić information content (AvgIpc) is 2.52. The number of Topliss-reactive ketones (excluding diaryl/α,β-unsaturated/α-hetero) is 1. The van der Waals surface area contributed by atoms with E-state index >= 15 is 0 Å². The first-order valence-corrected chi connectivity index (χ1v) is 7.12. The van der Waals surface area contributed by atoms with Crippen LogP contribution in [-0.4, -0.2) is 16.7 Å². The van der Waals surface area contributed by atoms with Crippen molar-refractivity contribution in [3.63, 3.8) is 0 Å². The Hall–Kier alpha value is -2.90. The lowest BCUT2D eigenvalue weighted by atomic mass is 9.93. The summed E-state index contributed by atoms with van der Waals surface area (Å²) in [7, 11) is 0. The first-order valence-electron chi connectivity index (χ1n) is 7.12. The predicted octanol–water partition coefficient (Wildman–Crippen LogP) is 2.56. The number of carbonyl (C=O) groups is 2. The first kappa shape index (κ1) is 16.0. The van der Waals surface area contributed by atoms with E-state index in [-0.39, 0.29) is 22.6 Å². The first-order chi connectivity index (χ1) is 11.4. The molecule has 124 valence electrons. The van der Waals surface area contributed by atoms with Gasteiger partial charge in [0, 0.05) is 35.5 Å². The van der Waals surface area contributed by atoms with Crippen molar-refractivity contribution in [2.45, 2.75) is 19.3 Å². The number of halogens is 3. The number of hydrogen-bond acceptors (Lipinski definition) is 3. The highest BCUT2D eigenvalue weighted by Gasteiger charge is 2.22. The molecule has 1 aromatic carbocycles. The van der Waals surface area contributed by atoms with Crippen molar-refractivity contribution in [2.24, 2.45) is 0 Å². The molecule has 1 amide bonds. The maximum Gasteiger partial charge on any atom is 0.261 e. The van der Waals surface area contributed by atoms with Gasteiger partial charge >= 0.3 is 0 Å². The third-order valence-corrected chi connectivity index (χ3v) is 3.74. The summed E-state index contributed by atoms with van der Waals surface area (Å²) >= 11 is 0. The van der Waals surface area contributed by atoms with Crippen LogP contribution in [0.4, 0.5) is 18.9 Å². The topological polar surface area (TPSA) is 79.0 Å². The lowest BCUT2D eigenvalue weighted by molar-refractivity contribution is 0.0971. The van der Waals surface area contributed by atoms with E-state index < -0.39 is 28.9 Å². The number of pyridine rings is 1. The predicted molar refractivity (Wildman–Crippen MR) is 78.6 cm³/mol. The molecular formula is C16H11F3N2O3. The van der Waals surface area contributed by atoms with Crippen molar-refractivity contribution in [2.75, 3.05) is 5.32 Å². The van der Waals surface area contributed by atoms with Crippen LogP contribution < -0.4 is 10.9 Å². The Morgan fingerprint density at radius 1 is 1.04 bits per heavy atom. The molecule has 1 aliphatic rings. The summed E-state index contributed by atoms with van der Waals surface area (Å²) in [6, 6.07) is 2.35. The monoisotopic (exact) mass is 336 g/mol. The Kier molecular flexibility index (Phi) is 3.96.